The Hall–Kier alpha value is -3.06. The van der Waals surface area contributed by atoms with Gasteiger partial charge in [0.1, 0.15) is 12.4 Å². The number of anilines is 1. The summed E-state index contributed by atoms with van der Waals surface area (Å²) in [7, 11) is 3.40. The lowest BCUT2D eigenvalue weighted by Crippen LogP contribution is -2.36. The number of guanidine groups is 1. The molecule has 0 aliphatic rings. The minimum absolute atomic E-state index is 0.0340. The lowest BCUT2D eigenvalue weighted by atomic mass is 10.1. The molecule has 168 valence electrons. The molecule has 0 spiro atoms. The molecule has 1 amide bonds. The Morgan fingerprint density at radius 3 is 2.61 bits per heavy atom. The van der Waals surface area contributed by atoms with Crippen molar-refractivity contribution in [2.24, 2.45) is 4.99 Å². The average molecular weight is 427 g/mol. The molecule has 0 unspecified atom stereocenters. The van der Waals surface area contributed by atoms with Crippen LogP contribution in [0.4, 0.5) is 5.69 Å². The molecule has 0 aliphatic heterocycles. The maximum absolute atomic E-state index is 11.8. The van der Waals surface area contributed by atoms with E-state index in [2.05, 4.69) is 33.1 Å². The van der Waals surface area contributed by atoms with Crippen LogP contribution in [-0.4, -0.2) is 39.2 Å². The highest BCUT2D eigenvalue weighted by molar-refractivity contribution is 5.90. The molecule has 0 saturated carbocycles. The molecule has 0 fully saturated rings. The Morgan fingerprint density at radius 1 is 1.06 bits per heavy atom. The van der Waals surface area contributed by atoms with Gasteiger partial charge in [0.05, 0.1) is 6.61 Å². The van der Waals surface area contributed by atoms with Gasteiger partial charge in [0.15, 0.2) is 5.96 Å². The van der Waals surface area contributed by atoms with E-state index in [1.54, 1.807) is 14.2 Å². The van der Waals surface area contributed by atoms with Gasteiger partial charge in [0.2, 0.25) is 5.91 Å². The summed E-state index contributed by atoms with van der Waals surface area (Å²) in [5.74, 6) is 1.56. The molecule has 3 N–H and O–H groups in total. The van der Waals surface area contributed by atoms with Crippen molar-refractivity contribution in [1.29, 1.82) is 0 Å². The molecule has 0 saturated heterocycles. The summed E-state index contributed by atoms with van der Waals surface area (Å²) < 4.78 is 10.9. The molecular weight excluding hydrogens is 392 g/mol. The van der Waals surface area contributed by atoms with Gasteiger partial charge in [-0.25, -0.2) is 0 Å². The Labute approximate surface area is 185 Å². The normalized spacial score (nSPS) is 11.2. The van der Waals surface area contributed by atoms with Crippen LogP contribution in [0.15, 0.2) is 47.5 Å². The van der Waals surface area contributed by atoms with Crippen molar-refractivity contribution in [2.45, 2.75) is 39.8 Å². The van der Waals surface area contributed by atoms with Gasteiger partial charge in [-0.2, -0.15) is 0 Å². The molecule has 2 rings (SSSR count). The van der Waals surface area contributed by atoms with E-state index in [1.807, 2.05) is 44.2 Å². The van der Waals surface area contributed by atoms with Gasteiger partial charge >= 0.3 is 0 Å². The number of benzene rings is 2. The van der Waals surface area contributed by atoms with Gasteiger partial charge in [-0.15, -0.1) is 0 Å². The van der Waals surface area contributed by atoms with E-state index in [0.29, 0.717) is 38.7 Å². The minimum atomic E-state index is 0.0340. The number of rotatable bonds is 11. The summed E-state index contributed by atoms with van der Waals surface area (Å²) in [5.41, 5.74) is 4.05. The lowest BCUT2D eigenvalue weighted by molar-refractivity contribution is -0.116. The molecule has 0 heterocycles. The van der Waals surface area contributed by atoms with Crippen LogP contribution in [0.3, 0.4) is 0 Å². The zero-order chi connectivity index (χ0) is 22.5. The van der Waals surface area contributed by atoms with E-state index in [0.717, 1.165) is 34.5 Å². The molecule has 0 aliphatic carbocycles. The number of aryl methyl sites for hydroxylation is 1. The van der Waals surface area contributed by atoms with E-state index in [4.69, 9.17) is 9.47 Å². The lowest BCUT2D eigenvalue weighted by Gasteiger charge is -2.16. The van der Waals surface area contributed by atoms with Gasteiger partial charge in [-0.05, 0) is 42.7 Å². The van der Waals surface area contributed by atoms with E-state index in [9.17, 15) is 4.79 Å². The zero-order valence-electron chi connectivity index (χ0n) is 19.0. The van der Waals surface area contributed by atoms with Crippen LogP contribution < -0.4 is 20.7 Å². The smallest absolute Gasteiger partial charge is 0.224 e. The summed E-state index contributed by atoms with van der Waals surface area (Å²) in [6.45, 7) is 6.24. The highest BCUT2D eigenvalue weighted by atomic mass is 16.5. The first-order valence-corrected chi connectivity index (χ1v) is 10.6. The van der Waals surface area contributed by atoms with Crippen molar-refractivity contribution in [1.82, 2.24) is 10.6 Å². The second-order valence-electron chi connectivity index (χ2n) is 7.23. The first-order valence-electron chi connectivity index (χ1n) is 10.6. The van der Waals surface area contributed by atoms with Crippen LogP contribution in [0.25, 0.3) is 0 Å². The van der Waals surface area contributed by atoms with Crippen molar-refractivity contribution in [3.63, 3.8) is 0 Å². The second kappa shape index (κ2) is 13.3. The number of carbonyl (C=O) groups is 1. The van der Waals surface area contributed by atoms with E-state index in [1.165, 1.54) is 0 Å². The molecule has 7 heteroatoms. The highest BCUT2D eigenvalue weighted by Gasteiger charge is 2.07. The summed E-state index contributed by atoms with van der Waals surface area (Å²) in [5, 5.41) is 9.57. The average Bonchev–Trinajstić information content (AvgIpc) is 2.75. The van der Waals surface area contributed by atoms with Crippen LogP contribution in [-0.2, 0) is 22.6 Å². The molecule has 7 nitrogen and oxygen atoms in total. The van der Waals surface area contributed by atoms with Gasteiger partial charge in [-0.1, -0.05) is 31.2 Å². The summed E-state index contributed by atoms with van der Waals surface area (Å²) >= 11 is 0. The topological polar surface area (TPSA) is 84.0 Å². The number of hydrogen-bond donors (Lipinski definition) is 3. The largest absolute Gasteiger partial charge is 0.491 e. The fourth-order valence-corrected chi connectivity index (χ4v) is 2.97. The molecule has 0 bridgehead atoms. The Kier molecular flexibility index (Phi) is 10.4. The molecule has 2 aromatic rings. The fraction of sp³-hybridized carbons (Fsp3) is 0.417. The molecular formula is C24H34N4O3. The monoisotopic (exact) mass is 426 g/mol. The number of aliphatic imine (C=N–C) groups is 1. The van der Waals surface area contributed by atoms with Crippen LogP contribution >= 0.6 is 0 Å². The van der Waals surface area contributed by atoms with Crippen LogP contribution in [0.5, 0.6) is 5.75 Å². The summed E-state index contributed by atoms with van der Waals surface area (Å²) in [6.07, 6.45) is 1.35. The number of ether oxygens (including phenoxy) is 2. The van der Waals surface area contributed by atoms with Crippen molar-refractivity contribution in [3.8, 4) is 5.75 Å². The van der Waals surface area contributed by atoms with Gasteiger partial charge < -0.3 is 25.4 Å². The Morgan fingerprint density at radius 2 is 1.87 bits per heavy atom. The standard InChI is InChI=1S/C24H34N4O3/c1-5-7-23(29)28-21-9-6-8-19(15-21)16-26-24(25-3)27-17-20-11-10-18(2)14-22(20)31-13-12-30-4/h6,8-11,14-15H,5,7,12-13,16-17H2,1-4H3,(H,28,29)(H2,25,26,27). The Bertz CT molecular complexity index is 868. The first-order chi connectivity index (χ1) is 15.0. The molecule has 31 heavy (non-hydrogen) atoms. The predicted molar refractivity (Wildman–Crippen MR) is 126 cm³/mol. The fourth-order valence-electron chi connectivity index (χ4n) is 2.97. The third kappa shape index (κ3) is 8.68. The van der Waals surface area contributed by atoms with E-state index < -0.39 is 0 Å². The first kappa shape index (κ1) is 24.2. The van der Waals surface area contributed by atoms with Crippen molar-refractivity contribution >= 4 is 17.6 Å². The number of carbonyl (C=O) groups excluding carboxylic acids is 1. The van der Waals surface area contributed by atoms with Gasteiger partial charge in [0, 0.05) is 44.9 Å². The number of methoxy groups -OCH3 is 1. The zero-order valence-corrected chi connectivity index (χ0v) is 19.0. The van der Waals surface area contributed by atoms with Crippen molar-refractivity contribution in [2.75, 3.05) is 32.7 Å². The maximum Gasteiger partial charge on any atom is 0.224 e. The third-order valence-electron chi connectivity index (χ3n) is 4.59. The molecule has 2 aromatic carbocycles. The number of nitrogens with zero attached hydrogens (tertiary/aromatic N) is 1. The van der Waals surface area contributed by atoms with Crippen molar-refractivity contribution in [3.05, 3.63) is 59.2 Å². The predicted octanol–water partition coefficient (Wildman–Crippen LogP) is 3.62. The van der Waals surface area contributed by atoms with Gasteiger partial charge in [0.25, 0.3) is 0 Å². The SMILES string of the molecule is CCCC(=O)Nc1cccc(CNC(=NC)NCc2ccc(C)cc2OCCOC)c1. The van der Waals surface area contributed by atoms with Gasteiger partial charge in [-0.3, -0.25) is 9.79 Å². The summed E-state index contributed by atoms with van der Waals surface area (Å²) in [6, 6.07) is 14.0. The summed E-state index contributed by atoms with van der Waals surface area (Å²) in [4.78, 5) is 16.1. The Balaban J connectivity index is 1.92. The molecule has 0 atom stereocenters. The van der Waals surface area contributed by atoms with Crippen molar-refractivity contribution < 1.29 is 14.3 Å². The quantitative estimate of drug-likeness (QED) is 0.290. The third-order valence-corrected chi connectivity index (χ3v) is 4.59. The number of amides is 1. The number of nitrogens with one attached hydrogen (secondary N) is 3. The van der Waals surface area contributed by atoms with Crippen LogP contribution in [0, 0.1) is 6.92 Å². The minimum Gasteiger partial charge on any atom is -0.491 e. The maximum atomic E-state index is 11.8. The second-order valence-corrected chi connectivity index (χ2v) is 7.23. The van der Waals surface area contributed by atoms with E-state index in [-0.39, 0.29) is 5.91 Å². The molecule has 0 radical (unpaired) electrons. The van der Waals surface area contributed by atoms with Crippen LogP contribution in [0.2, 0.25) is 0 Å². The van der Waals surface area contributed by atoms with Crippen LogP contribution in [0.1, 0.15) is 36.5 Å². The highest BCUT2D eigenvalue weighted by Crippen LogP contribution is 2.20. The van der Waals surface area contributed by atoms with E-state index >= 15 is 0 Å². The molecule has 0 aromatic heterocycles. The number of hydrogen-bond acceptors (Lipinski definition) is 4.